The molecular formula is C17H14Cl2FN3O3. The van der Waals surface area contributed by atoms with Crippen LogP contribution in [0.4, 0.5) is 10.1 Å². The zero-order chi connectivity index (χ0) is 18.4. The summed E-state index contributed by atoms with van der Waals surface area (Å²) in [7, 11) is 0. The summed E-state index contributed by atoms with van der Waals surface area (Å²) in [5, 5.41) is 13.3. The van der Waals surface area contributed by atoms with Gasteiger partial charge >= 0.3 is 0 Å². The van der Waals surface area contributed by atoms with Crippen molar-refractivity contribution in [2.45, 2.75) is 30.7 Å². The summed E-state index contributed by atoms with van der Waals surface area (Å²) in [6.07, 6.45) is 1.37. The molecule has 9 heteroatoms. The number of hydrogen-bond acceptors (Lipinski definition) is 5. The van der Waals surface area contributed by atoms with Gasteiger partial charge in [-0.05, 0) is 23.8 Å². The first-order valence-corrected chi connectivity index (χ1v) is 8.76. The second-order valence-electron chi connectivity index (χ2n) is 6.39. The Morgan fingerprint density at radius 3 is 2.88 bits per heavy atom. The maximum atomic E-state index is 13.6. The molecule has 2 aromatic heterocycles. The van der Waals surface area contributed by atoms with E-state index in [1.807, 2.05) is 0 Å². The number of aromatic nitrogens is 2. The Hall–Kier alpha value is -1.80. The molecule has 0 aliphatic carbocycles. The van der Waals surface area contributed by atoms with Crippen LogP contribution in [0.1, 0.15) is 17.9 Å². The molecule has 2 saturated heterocycles. The van der Waals surface area contributed by atoms with Crippen molar-refractivity contribution < 1.29 is 19.0 Å². The number of ether oxygens (including phenoxy) is 1. The van der Waals surface area contributed by atoms with Crippen LogP contribution in [0.3, 0.4) is 0 Å². The van der Waals surface area contributed by atoms with Crippen LogP contribution in [0.15, 0.2) is 30.6 Å². The highest BCUT2D eigenvalue weighted by atomic mass is 35.5. The van der Waals surface area contributed by atoms with Gasteiger partial charge in [-0.1, -0.05) is 23.2 Å². The van der Waals surface area contributed by atoms with Crippen LogP contribution in [0, 0.1) is 11.9 Å². The first-order valence-electron chi connectivity index (χ1n) is 8.01. The highest BCUT2D eigenvalue weighted by Crippen LogP contribution is 2.49. The van der Waals surface area contributed by atoms with Gasteiger partial charge in [-0.25, -0.2) is 9.97 Å². The molecular weight excluding hydrogens is 384 g/mol. The molecule has 2 aromatic rings. The molecule has 2 fully saturated rings. The standard InChI is InChI=1S/C17H14Cl2FN3O3/c18-9-4-8(6-22-16(9)19)23-17(25)14-11-5-10(24)15(26-11)13(14)7-1-2-21-12(20)3-7/h1-4,6,10-11,13-15,24H,5H2,(H,23,25)/t10-,11+,13+,14-,15-/m1/s1. The molecule has 6 nitrogen and oxygen atoms in total. The van der Waals surface area contributed by atoms with Crippen molar-refractivity contribution in [3.63, 3.8) is 0 Å². The second-order valence-corrected chi connectivity index (χ2v) is 7.16. The topological polar surface area (TPSA) is 84.3 Å². The van der Waals surface area contributed by atoms with Crippen molar-refractivity contribution in [1.82, 2.24) is 9.97 Å². The van der Waals surface area contributed by atoms with E-state index in [0.29, 0.717) is 17.7 Å². The predicted octanol–water partition coefficient (Wildman–Crippen LogP) is 2.79. The number of anilines is 1. The molecule has 2 aliphatic rings. The number of carbonyl (C=O) groups is 1. The van der Waals surface area contributed by atoms with Crippen molar-refractivity contribution >= 4 is 34.8 Å². The van der Waals surface area contributed by atoms with E-state index in [0.717, 1.165) is 0 Å². The van der Waals surface area contributed by atoms with Gasteiger partial charge in [0.15, 0.2) is 0 Å². The summed E-state index contributed by atoms with van der Waals surface area (Å²) in [6, 6.07) is 4.40. The molecule has 0 unspecified atom stereocenters. The molecule has 4 rings (SSSR count). The fourth-order valence-electron chi connectivity index (χ4n) is 3.78. The van der Waals surface area contributed by atoms with E-state index in [-0.39, 0.29) is 16.1 Å². The van der Waals surface area contributed by atoms with E-state index in [2.05, 4.69) is 15.3 Å². The van der Waals surface area contributed by atoms with E-state index in [1.54, 1.807) is 6.07 Å². The molecule has 0 saturated carbocycles. The lowest BCUT2D eigenvalue weighted by atomic mass is 9.74. The average Bonchev–Trinajstić information content (AvgIpc) is 3.15. The molecule has 0 aromatic carbocycles. The minimum Gasteiger partial charge on any atom is -0.390 e. The van der Waals surface area contributed by atoms with Gasteiger partial charge in [-0.3, -0.25) is 4.79 Å². The normalized spacial score (nSPS) is 29.8. The molecule has 0 radical (unpaired) electrons. The summed E-state index contributed by atoms with van der Waals surface area (Å²) in [5.74, 6) is -2.02. The van der Waals surface area contributed by atoms with Crippen molar-refractivity contribution in [2.75, 3.05) is 5.32 Å². The van der Waals surface area contributed by atoms with Crippen LogP contribution < -0.4 is 5.32 Å². The van der Waals surface area contributed by atoms with Crippen LogP contribution in [0.2, 0.25) is 10.2 Å². The minimum atomic E-state index is -0.697. The maximum absolute atomic E-state index is 13.6. The number of carbonyl (C=O) groups excluding carboxylic acids is 1. The third-order valence-electron chi connectivity index (χ3n) is 4.83. The lowest BCUT2D eigenvalue weighted by molar-refractivity contribution is -0.121. The Balaban J connectivity index is 1.62. The van der Waals surface area contributed by atoms with Crippen LogP contribution in [-0.2, 0) is 9.53 Å². The Kier molecular flexibility index (Phi) is 4.56. The fraction of sp³-hybridized carbons (Fsp3) is 0.353. The number of rotatable bonds is 3. The third kappa shape index (κ3) is 3.05. The Morgan fingerprint density at radius 1 is 1.35 bits per heavy atom. The van der Waals surface area contributed by atoms with Crippen molar-refractivity contribution in [2.24, 2.45) is 5.92 Å². The van der Waals surface area contributed by atoms with Crippen molar-refractivity contribution in [3.05, 3.63) is 52.3 Å². The van der Waals surface area contributed by atoms with Gasteiger partial charge in [0, 0.05) is 18.5 Å². The zero-order valence-corrected chi connectivity index (χ0v) is 14.8. The number of pyridine rings is 2. The van der Waals surface area contributed by atoms with Crippen molar-refractivity contribution in [1.29, 1.82) is 0 Å². The quantitative estimate of drug-likeness (QED) is 0.777. The van der Waals surface area contributed by atoms with Crippen LogP contribution >= 0.6 is 23.2 Å². The van der Waals surface area contributed by atoms with Gasteiger partial charge in [0.25, 0.3) is 0 Å². The zero-order valence-electron chi connectivity index (χ0n) is 13.3. The second kappa shape index (κ2) is 6.74. The van der Waals surface area contributed by atoms with E-state index >= 15 is 0 Å². The smallest absolute Gasteiger partial charge is 0.230 e. The highest BCUT2D eigenvalue weighted by molar-refractivity contribution is 6.41. The Labute approximate surface area is 158 Å². The number of nitrogens with zero attached hydrogens (tertiary/aromatic N) is 2. The van der Waals surface area contributed by atoms with Gasteiger partial charge in [0.2, 0.25) is 11.9 Å². The maximum Gasteiger partial charge on any atom is 0.230 e. The molecule has 4 heterocycles. The SMILES string of the molecule is O=C(Nc1cnc(Cl)c(Cl)c1)[C@H]1[C@H](c2ccnc(F)c2)[C@@H]2O[C@H]1C[C@H]2O. The number of nitrogens with one attached hydrogen (secondary N) is 1. The lowest BCUT2D eigenvalue weighted by Gasteiger charge is -2.30. The number of aliphatic hydroxyl groups is 1. The lowest BCUT2D eigenvalue weighted by Crippen LogP contribution is -2.41. The van der Waals surface area contributed by atoms with Crippen LogP contribution in [0.25, 0.3) is 0 Å². The van der Waals surface area contributed by atoms with Gasteiger partial charge in [-0.15, -0.1) is 0 Å². The summed E-state index contributed by atoms with van der Waals surface area (Å²) >= 11 is 11.7. The number of fused-ring (bicyclic) bond motifs is 2. The largest absolute Gasteiger partial charge is 0.390 e. The van der Waals surface area contributed by atoms with Crippen LogP contribution in [-0.4, -0.2) is 39.3 Å². The molecule has 0 spiro atoms. The summed E-state index contributed by atoms with van der Waals surface area (Å²) in [6.45, 7) is 0. The Morgan fingerprint density at radius 2 is 2.15 bits per heavy atom. The van der Waals surface area contributed by atoms with E-state index in [4.69, 9.17) is 27.9 Å². The number of amides is 1. The van der Waals surface area contributed by atoms with E-state index in [9.17, 15) is 14.3 Å². The highest BCUT2D eigenvalue weighted by Gasteiger charge is 2.57. The summed E-state index contributed by atoms with van der Waals surface area (Å²) in [4.78, 5) is 20.3. The number of halogens is 3. The summed E-state index contributed by atoms with van der Waals surface area (Å²) in [5.41, 5.74) is 0.962. The molecule has 136 valence electrons. The van der Waals surface area contributed by atoms with E-state index in [1.165, 1.54) is 24.5 Å². The number of hydrogen-bond donors (Lipinski definition) is 2. The molecule has 2 N–H and O–H groups in total. The third-order valence-corrected chi connectivity index (χ3v) is 5.51. The first-order chi connectivity index (χ1) is 12.4. The first kappa shape index (κ1) is 17.6. The molecule has 2 aliphatic heterocycles. The predicted molar refractivity (Wildman–Crippen MR) is 92.6 cm³/mol. The van der Waals surface area contributed by atoms with Gasteiger partial charge in [0.1, 0.15) is 5.15 Å². The Bertz CT molecular complexity index is 869. The summed E-state index contributed by atoms with van der Waals surface area (Å²) < 4.78 is 19.4. The molecule has 5 atom stereocenters. The van der Waals surface area contributed by atoms with Gasteiger partial charge < -0.3 is 15.2 Å². The van der Waals surface area contributed by atoms with E-state index < -0.39 is 36.1 Å². The van der Waals surface area contributed by atoms with Gasteiger partial charge in [-0.2, -0.15) is 4.39 Å². The molecule has 26 heavy (non-hydrogen) atoms. The fourth-order valence-corrected chi connectivity index (χ4v) is 4.05. The molecule has 2 bridgehead atoms. The van der Waals surface area contributed by atoms with Gasteiger partial charge in [0.05, 0.1) is 41.1 Å². The minimum absolute atomic E-state index is 0.140. The monoisotopic (exact) mass is 397 g/mol. The van der Waals surface area contributed by atoms with Crippen LogP contribution in [0.5, 0.6) is 0 Å². The average molecular weight is 398 g/mol. The number of aliphatic hydroxyl groups excluding tert-OH is 1. The molecule has 1 amide bonds. The van der Waals surface area contributed by atoms with Crippen molar-refractivity contribution in [3.8, 4) is 0 Å².